The van der Waals surface area contributed by atoms with Gasteiger partial charge in [0, 0.05) is 19.2 Å². The first kappa shape index (κ1) is 12.4. The summed E-state index contributed by atoms with van der Waals surface area (Å²) in [6.45, 7) is 2.18. The molecule has 6 aromatic rings. The van der Waals surface area contributed by atoms with E-state index in [1.165, 1.54) is 49.2 Å². The summed E-state index contributed by atoms with van der Waals surface area (Å²) >= 11 is 0. The number of fused-ring (bicyclic) bond motifs is 5. The summed E-state index contributed by atoms with van der Waals surface area (Å²) in [5, 5.41) is 5.08. The van der Waals surface area contributed by atoms with Gasteiger partial charge in [-0.3, -0.25) is 0 Å². The topological polar surface area (TPSA) is 22.2 Å². The molecule has 0 aliphatic rings. The molecular formula is C21H15N2O+. The summed E-state index contributed by atoms with van der Waals surface area (Å²) in [5.41, 5.74) is 7.13. The SMILES string of the molecule is Cc1ccc2c3ccccc3[n+]3c4cccc5on(C)c(c1c23)c54. The van der Waals surface area contributed by atoms with E-state index >= 15 is 0 Å². The Morgan fingerprint density at radius 2 is 1.67 bits per heavy atom. The molecule has 0 saturated heterocycles. The molecule has 0 aliphatic heterocycles. The summed E-state index contributed by atoms with van der Waals surface area (Å²) in [6.07, 6.45) is 0. The third kappa shape index (κ3) is 1.21. The van der Waals surface area contributed by atoms with Crippen molar-refractivity contribution in [2.75, 3.05) is 0 Å². The number of pyridine rings is 1. The molecule has 0 fully saturated rings. The van der Waals surface area contributed by atoms with Crippen LogP contribution in [0, 0.1) is 6.92 Å². The zero-order chi connectivity index (χ0) is 16.0. The zero-order valence-electron chi connectivity index (χ0n) is 13.5. The molecule has 0 bridgehead atoms. The highest BCUT2D eigenvalue weighted by atomic mass is 16.5. The quantitative estimate of drug-likeness (QED) is 0.294. The Hall–Kier alpha value is -3.07. The second-order valence-corrected chi connectivity index (χ2v) is 6.59. The standard InChI is InChI=1S/C21H15N2O/c1-12-10-11-14-13-6-3-4-7-15(13)23-16-8-5-9-17-19(16)21(22(2)24-17)18(12)20(14)23/h3-11H,1-2H3/q+1. The van der Waals surface area contributed by atoms with E-state index in [4.69, 9.17) is 4.52 Å². The normalized spacial score (nSPS) is 12.6. The van der Waals surface area contributed by atoms with Gasteiger partial charge in [0.05, 0.1) is 16.2 Å². The Bertz CT molecular complexity index is 1420. The minimum absolute atomic E-state index is 0.935. The Balaban J connectivity index is 2.18. The van der Waals surface area contributed by atoms with Crippen molar-refractivity contribution in [2.24, 2.45) is 7.05 Å². The number of para-hydroxylation sites is 1. The maximum absolute atomic E-state index is 6.01. The lowest BCUT2D eigenvalue weighted by Gasteiger charge is -2.03. The second kappa shape index (κ2) is 3.88. The van der Waals surface area contributed by atoms with Gasteiger partial charge in [-0.25, -0.2) is 4.74 Å². The highest BCUT2D eigenvalue weighted by Gasteiger charge is 2.28. The van der Waals surface area contributed by atoms with Gasteiger partial charge in [-0.05, 0) is 30.7 Å². The molecule has 3 aromatic heterocycles. The van der Waals surface area contributed by atoms with Crippen molar-refractivity contribution in [3.8, 4) is 0 Å². The highest BCUT2D eigenvalue weighted by Crippen LogP contribution is 2.38. The van der Waals surface area contributed by atoms with Crippen molar-refractivity contribution < 1.29 is 8.92 Å². The van der Waals surface area contributed by atoms with Crippen LogP contribution in [0.5, 0.6) is 0 Å². The number of hydrogen-bond acceptors (Lipinski definition) is 1. The Labute approximate surface area is 137 Å². The van der Waals surface area contributed by atoms with Crippen molar-refractivity contribution >= 4 is 49.2 Å². The number of nitrogens with zero attached hydrogens (tertiary/aromatic N) is 2. The molecule has 0 atom stereocenters. The minimum Gasteiger partial charge on any atom is -0.379 e. The lowest BCUT2D eigenvalue weighted by atomic mass is 10.0. The van der Waals surface area contributed by atoms with Gasteiger partial charge in [0.15, 0.2) is 5.58 Å². The average molecular weight is 311 g/mol. The van der Waals surface area contributed by atoms with Crippen LogP contribution in [-0.4, -0.2) is 4.74 Å². The Morgan fingerprint density at radius 3 is 2.58 bits per heavy atom. The summed E-state index contributed by atoms with van der Waals surface area (Å²) in [6, 6.07) is 19.4. The first-order chi connectivity index (χ1) is 11.8. The van der Waals surface area contributed by atoms with Crippen LogP contribution in [0.2, 0.25) is 0 Å². The predicted molar refractivity (Wildman–Crippen MR) is 96.8 cm³/mol. The second-order valence-electron chi connectivity index (χ2n) is 6.59. The molecular weight excluding hydrogens is 296 g/mol. The number of benzene rings is 3. The van der Waals surface area contributed by atoms with Crippen LogP contribution in [0.25, 0.3) is 49.2 Å². The van der Waals surface area contributed by atoms with E-state index in [2.05, 4.69) is 65.9 Å². The predicted octanol–water partition coefficient (Wildman–Crippen LogP) is 4.72. The largest absolute Gasteiger partial charge is 0.379 e. The molecule has 114 valence electrons. The van der Waals surface area contributed by atoms with E-state index in [1.54, 1.807) is 0 Å². The molecule has 6 rings (SSSR count). The van der Waals surface area contributed by atoms with Crippen LogP contribution in [-0.2, 0) is 7.05 Å². The zero-order valence-corrected chi connectivity index (χ0v) is 13.5. The number of hydrogen-bond donors (Lipinski definition) is 0. The van der Waals surface area contributed by atoms with Gasteiger partial charge in [-0.1, -0.05) is 24.3 Å². The number of aryl methyl sites for hydroxylation is 2. The Kier molecular flexibility index (Phi) is 2.00. The molecule has 0 radical (unpaired) electrons. The smallest absolute Gasteiger partial charge is 0.229 e. The first-order valence-corrected chi connectivity index (χ1v) is 8.21. The van der Waals surface area contributed by atoms with E-state index in [0.29, 0.717) is 0 Å². The maximum atomic E-state index is 6.01. The van der Waals surface area contributed by atoms with Gasteiger partial charge < -0.3 is 4.52 Å². The minimum atomic E-state index is 0.935. The summed E-state index contributed by atoms with van der Waals surface area (Å²) in [4.78, 5) is 0. The molecule has 3 aromatic carbocycles. The van der Waals surface area contributed by atoms with Crippen LogP contribution in [0.4, 0.5) is 0 Å². The van der Waals surface area contributed by atoms with Crippen LogP contribution in [0.15, 0.2) is 59.1 Å². The van der Waals surface area contributed by atoms with Crippen LogP contribution in [0.1, 0.15) is 5.56 Å². The number of aromatic nitrogens is 2. The highest BCUT2D eigenvalue weighted by molar-refractivity contribution is 6.22. The lowest BCUT2D eigenvalue weighted by Crippen LogP contribution is -2.21. The molecule has 3 heteroatoms. The Morgan fingerprint density at radius 1 is 0.833 bits per heavy atom. The average Bonchev–Trinajstić information content (AvgIpc) is 3.11. The fourth-order valence-electron chi connectivity index (χ4n) is 4.36. The fourth-order valence-corrected chi connectivity index (χ4v) is 4.36. The van der Waals surface area contributed by atoms with Gasteiger partial charge >= 0.3 is 0 Å². The lowest BCUT2D eigenvalue weighted by molar-refractivity contribution is -0.446. The fraction of sp³-hybridized carbons (Fsp3) is 0.0952. The van der Waals surface area contributed by atoms with E-state index in [1.807, 2.05) is 11.8 Å². The molecule has 0 unspecified atom stereocenters. The van der Waals surface area contributed by atoms with Gasteiger partial charge in [0.1, 0.15) is 10.9 Å². The van der Waals surface area contributed by atoms with Gasteiger partial charge in [-0.15, -0.1) is 0 Å². The molecule has 3 nitrogen and oxygen atoms in total. The molecule has 24 heavy (non-hydrogen) atoms. The molecule has 0 N–H and O–H groups in total. The molecule has 3 heterocycles. The molecule has 0 spiro atoms. The van der Waals surface area contributed by atoms with Crippen molar-refractivity contribution in [3.63, 3.8) is 0 Å². The van der Waals surface area contributed by atoms with Crippen molar-refractivity contribution in [1.29, 1.82) is 0 Å². The van der Waals surface area contributed by atoms with Crippen molar-refractivity contribution in [3.05, 3.63) is 60.2 Å². The van der Waals surface area contributed by atoms with Crippen LogP contribution >= 0.6 is 0 Å². The van der Waals surface area contributed by atoms with Gasteiger partial charge in [0.25, 0.3) is 0 Å². The third-order valence-electron chi connectivity index (χ3n) is 5.31. The summed E-state index contributed by atoms with van der Waals surface area (Å²) in [7, 11) is 2.00. The third-order valence-corrected chi connectivity index (χ3v) is 5.31. The van der Waals surface area contributed by atoms with Crippen LogP contribution < -0.4 is 4.40 Å². The summed E-state index contributed by atoms with van der Waals surface area (Å²) < 4.78 is 10.3. The molecule has 0 saturated carbocycles. The van der Waals surface area contributed by atoms with Crippen molar-refractivity contribution in [2.45, 2.75) is 6.92 Å². The monoisotopic (exact) mass is 311 g/mol. The van der Waals surface area contributed by atoms with E-state index < -0.39 is 0 Å². The van der Waals surface area contributed by atoms with Crippen molar-refractivity contribution in [1.82, 2.24) is 4.74 Å². The van der Waals surface area contributed by atoms with E-state index in [0.717, 1.165) is 5.58 Å². The molecule has 0 aliphatic carbocycles. The molecule has 0 amide bonds. The summed E-state index contributed by atoms with van der Waals surface area (Å²) in [5.74, 6) is 0. The van der Waals surface area contributed by atoms with Gasteiger partial charge in [0.2, 0.25) is 16.6 Å². The van der Waals surface area contributed by atoms with Crippen LogP contribution in [0.3, 0.4) is 0 Å². The van der Waals surface area contributed by atoms with E-state index in [-0.39, 0.29) is 0 Å². The maximum Gasteiger partial charge on any atom is 0.229 e. The first-order valence-electron chi connectivity index (χ1n) is 8.21. The van der Waals surface area contributed by atoms with Gasteiger partial charge in [-0.2, -0.15) is 4.40 Å². The van der Waals surface area contributed by atoms with E-state index in [9.17, 15) is 0 Å². The number of rotatable bonds is 0.